The molecule has 2 heterocycles. The van der Waals surface area contributed by atoms with Crippen LogP contribution in [0.3, 0.4) is 0 Å². The Morgan fingerprint density at radius 1 is 1.20 bits per heavy atom. The number of nitrogens with two attached hydrogens (primary N) is 1. The first-order valence-electron chi connectivity index (χ1n) is 6.28. The van der Waals surface area contributed by atoms with Crippen LogP contribution >= 0.6 is 15.9 Å². The molecule has 0 bridgehead atoms. The van der Waals surface area contributed by atoms with Gasteiger partial charge in [0, 0.05) is 16.5 Å². The number of benzene rings is 1. The number of nitrogens with zero attached hydrogens (tertiary/aromatic N) is 1. The van der Waals surface area contributed by atoms with Crippen molar-refractivity contribution < 1.29 is 8.94 Å². The highest BCUT2D eigenvalue weighted by molar-refractivity contribution is 9.10. The highest BCUT2D eigenvalue weighted by atomic mass is 79.9. The summed E-state index contributed by atoms with van der Waals surface area (Å²) in [6.07, 6.45) is 2.44. The van der Waals surface area contributed by atoms with Crippen molar-refractivity contribution in [3.8, 4) is 22.4 Å². The molecule has 0 aliphatic carbocycles. The average molecular weight is 333 g/mol. The van der Waals surface area contributed by atoms with Crippen molar-refractivity contribution >= 4 is 21.8 Å². The lowest BCUT2D eigenvalue weighted by Crippen LogP contribution is -1.89. The van der Waals surface area contributed by atoms with Gasteiger partial charge >= 0.3 is 0 Å². The van der Waals surface area contributed by atoms with E-state index in [9.17, 15) is 0 Å². The first-order valence-corrected chi connectivity index (χ1v) is 7.07. The molecule has 102 valence electrons. The van der Waals surface area contributed by atoms with Gasteiger partial charge in [-0.25, -0.2) is 0 Å². The molecule has 0 unspecified atom stereocenters. The van der Waals surface area contributed by atoms with Gasteiger partial charge in [0.1, 0.15) is 11.5 Å². The number of furan rings is 1. The minimum Gasteiger partial charge on any atom is -0.469 e. The molecule has 0 fully saturated rings. The molecule has 0 atom stereocenters. The van der Waals surface area contributed by atoms with Crippen LogP contribution in [0.2, 0.25) is 0 Å². The Kier molecular flexibility index (Phi) is 3.36. The van der Waals surface area contributed by atoms with Crippen molar-refractivity contribution in [1.82, 2.24) is 5.16 Å². The van der Waals surface area contributed by atoms with Crippen LogP contribution in [0, 0.1) is 0 Å². The van der Waals surface area contributed by atoms with Crippen LogP contribution in [0.15, 0.2) is 50.0 Å². The van der Waals surface area contributed by atoms with Gasteiger partial charge < -0.3 is 14.7 Å². The minimum atomic E-state index is 0.311. The zero-order valence-electron chi connectivity index (χ0n) is 10.9. The van der Waals surface area contributed by atoms with Crippen molar-refractivity contribution in [3.05, 3.63) is 46.8 Å². The SMILES string of the molecule is CCc1occc1-c1noc(N)c1-c1ccc(Br)cc1. The summed E-state index contributed by atoms with van der Waals surface area (Å²) >= 11 is 3.42. The molecule has 3 aromatic rings. The summed E-state index contributed by atoms with van der Waals surface area (Å²) in [5, 5.41) is 4.09. The molecule has 1 aromatic carbocycles. The Morgan fingerprint density at radius 2 is 1.95 bits per heavy atom. The van der Waals surface area contributed by atoms with Crippen LogP contribution in [0.25, 0.3) is 22.4 Å². The number of hydrogen-bond acceptors (Lipinski definition) is 4. The van der Waals surface area contributed by atoms with E-state index < -0.39 is 0 Å². The molecular formula is C15H13BrN2O2. The quantitative estimate of drug-likeness (QED) is 0.766. The molecule has 0 saturated heterocycles. The number of rotatable bonds is 3. The van der Waals surface area contributed by atoms with Crippen LogP contribution in [0.1, 0.15) is 12.7 Å². The predicted octanol–water partition coefficient (Wildman–Crippen LogP) is 4.51. The van der Waals surface area contributed by atoms with Gasteiger partial charge in [0.05, 0.1) is 11.8 Å². The molecule has 0 aliphatic heterocycles. The van der Waals surface area contributed by atoms with E-state index in [1.807, 2.05) is 37.3 Å². The van der Waals surface area contributed by atoms with Crippen molar-refractivity contribution in [2.45, 2.75) is 13.3 Å². The maximum absolute atomic E-state index is 5.94. The standard InChI is InChI=1S/C15H13BrN2O2/c1-2-12-11(7-8-19-12)14-13(15(17)20-18-14)9-3-5-10(16)6-4-9/h3-8H,2,17H2,1H3. The second-order valence-corrected chi connectivity index (χ2v) is 5.30. The fraction of sp³-hybridized carbons (Fsp3) is 0.133. The molecule has 20 heavy (non-hydrogen) atoms. The maximum atomic E-state index is 5.94. The van der Waals surface area contributed by atoms with Crippen LogP contribution in [0.5, 0.6) is 0 Å². The van der Waals surface area contributed by atoms with Crippen molar-refractivity contribution in [2.75, 3.05) is 5.73 Å². The predicted molar refractivity (Wildman–Crippen MR) is 81.1 cm³/mol. The number of nitrogen functional groups attached to an aromatic ring is 1. The largest absolute Gasteiger partial charge is 0.469 e. The van der Waals surface area contributed by atoms with E-state index in [2.05, 4.69) is 21.1 Å². The third kappa shape index (κ3) is 2.14. The molecule has 2 aromatic heterocycles. The Hall–Kier alpha value is -2.01. The zero-order chi connectivity index (χ0) is 14.1. The van der Waals surface area contributed by atoms with Gasteiger partial charge in [0.25, 0.3) is 0 Å². The smallest absolute Gasteiger partial charge is 0.230 e. The first kappa shape index (κ1) is 13.0. The molecule has 0 amide bonds. The van der Waals surface area contributed by atoms with E-state index >= 15 is 0 Å². The molecule has 4 nitrogen and oxygen atoms in total. The fourth-order valence-corrected chi connectivity index (χ4v) is 2.47. The summed E-state index contributed by atoms with van der Waals surface area (Å²) in [6, 6.07) is 9.76. The van der Waals surface area contributed by atoms with Gasteiger partial charge in [0.15, 0.2) is 0 Å². The van der Waals surface area contributed by atoms with Crippen LogP contribution in [0.4, 0.5) is 5.88 Å². The summed E-state index contributed by atoms with van der Waals surface area (Å²) in [4.78, 5) is 0. The molecule has 2 N–H and O–H groups in total. The average Bonchev–Trinajstić information content (AvgIpc) is 3.05. The Labute approximate surface area is 124 Å². The number of anilines is 1. The summed E-state index contributed by atoms with van der Waals surface area (Å²) in [5.74, 6) is 1.18. The number of aromatic nitrogens is 1. The highest BCUT2D eigenvalue weighted by Crippen LogP contribution is 2.38. The van der Waals surface area contributed by atoms with Crippen molar-refractivity contribution in [3.63, 3.8) is 0 Å². The number of aryl methyl sites for hydroxylation is 1. The highest BCUT2D eigenvalue weighted by Gasteiger charge is 2.20. The van der Waals surface area contributed by atoms with Crippen molar-refractivity contribution in [1.29, 1.82) is 0 Å². The minimum absolute atomic E-state index is 0.311. The van der Waals surface area contributed by atoms with Gasteiger partial charge in [0.2, 0.25) is 5.88 Å². The van der Waals surface area contributed by atoms with Crippen LogP contribution in [-0.4, -0.2) is 5.16 Å². The van der Waals surface area contributed by atoms with E-state index in [-0.39, 0.29) is 0 Å². The third-order valence-electron chi connectivity index (χ3n) is 3.17. The third-order valence-corrected chi connectivity index (χ3v) is 3.70. The molecule has 5 heteroatoms. The van der Waals surface area contributed by atoms with E-state index in [1.54, 1.807) is 6.26 Å². The Morgan fingerprint density at radius 3 is 2.65 bits per heavy atom. The maximum Gasteiger partial charge on any atom is 0.230 e. The van der Waals surface area contributed by atoms with Gasteiger partial charge in [-0.2, -0.15) is 0 Å². The number of halogens is 1. The second kappa shape index (κ2) is 5.17. The fourth-order valence-electron chi connectivity index (χ4n) is 2.21. The van der Waals surface area contributed by atoms with E-state index in [0.29, 0.717) is 5.88 Å². The summed E-state index contributed by atoms with van der Waals surface area (Å²) in [5.41, 5.74) is 9.34. The van der Waals surface area contributed by atoms with E-state index in [4.69, 9.17) is 14.7 Å². The lowest BCUT2D eigenvalue weighted by Gasteiger charge is -2.03. The lowest BCUT2D eigenvalue weighted by molar-refractivity contribution is 0.439. The molecular weight excluding hydrogens is 320 g/mol. The van der Waals surface area contributed by atoms with Crippen molar-refractivity contribution in [2.24, 2.45) is 0 Å². The topological polar surface area (TPSA) is 65.2 Å². The van der Waals surface area contributed by atoms with Crippen LogP contribution < -0.4 is 5.73 Å². The molecule has 0 aliphatic rings. The van der Waals surface area contributed by atoms with Gasteiger partial charge in [-0.05, 0) is 23.8 Å². The summed E-state index contributed by atoms with van der Waals surface area (Å²) in [7, 11) is 0. The molecule has 0 saturated carbocycles. The molecule has 3 rings (SSSR count). The van der Waals surface area contributed by atoms with E-state index in [0.717, 1.165) is 39.0 Å². The van der Waals surface area contributed by atoms with Gasteiger partial charge in [-0.15, -0.1) is 0 Å². The van der Waals surface area contributed by atoms with E-state index in [1.165, 1.54) is 0 Å². The molecule has 0 radical (unpaired) electrons. The van der Waals surface area contributed by atoms with Crippen LogP contribution in [-0.2, 0) is 6.42 Å². The Bertz CT molecular complexity index is 729. The summed E-state index contributed by atoms with van der Waals surface area (Å²) in [6.45, 7) is 2.03. The molecule has 0 spiro atoms. The zero-order valence-corrected chi connectivity index (χ0v) is 12.5. The monoisotopic (exact) mass is 332 g/mol. The Balaban J connectivity index is 2.17. The number of hydrogen-bond donors (Lipinski definition) is 1. The second-order valence-electron chi connectivity index (χ2n) is 4.39. The normalized spacial score (nSPS) is 10.9. The lowest BCUT2D eigenvalue weighted by atomic mass is 10.0. The first-order chi connectivity index (χ1) is 9.70. The summed E-state index contributed by atoms with van der Waals surface area (Å²) < 4.78 is 11.6. The van der Waals surface area contributed by atoms with Gasteiger partial charge in [-0.1, -0.05) is 40.1 Å². The van der Waals surface area contributed by atoms with Gasteiger partial charge in [-0.3, -0.25) is 0 Å².